The summed E-state index contributed by atoms with van der Waals surface area (Å²) in [6, 6.07) is 21.7. The lowest BCUT2D eigenvalue weighted by molar-refractivity contribution is -0.136. The zero-order valence-electron chi connectivity index (χ0n) is 25.5. The van der Waals surface area contributed by atoms with Crippen LogP contribution in [0.4, 0.5) is 4.39 Å². The number of methoxy groups -OCH3 is 1. The van der Waals surface area contributed by atoms with E-state index in [1.54, 1.807) is 85.4 Å². The van der Waals surface area contributed by atoms with E-state index in [1.807, 2.05) is 18.2 Å². The highest BCUT2D eigenvalue weighted by molar-refractivity contribution is 6.04. The van der Waals surface area contributed by atoms with Crippen molar-refractivity contribution in [1.82, 2.24) is 15.1 Å². The first-order valence-corrected chi connectivity index (χ1v) is 15.2. The third-order valence-electron chi connectivity index (χ3n) is 8.92. The van der Waals surface area contributed by atoms with Gasteiger partial charge in [0.25, 0.3) is 5.91 Å². The quantitative estimate of drug-likeness (QED) is 0.285. The van der Waals surface area contributed by atoms with Crippen molar-refractivity contribution < 1.29 is 27.9 Å². The number of Topliss-reactive ketones (excluding diaryl/α,β-unsaturated/α-hetero) is 1. The summed E-state index contributed by atoms with van der Waals surface area (Å²) in [5.74, 6) is -1.27. The van der Waals surface area contributed by atoms with E-state index in [-0.39, 0.29) is 17.6 Å². The molecular weight excluding hydrogens is 573 g/mol. The predicted molar refractivity (Wildman–Crippen MR) is 167 cm³/mol. The lowest BCUT2D eigenvalue weighted by Gasteiger charge is -2.36. The number of ether oxygens (including phenoxy) is 1. The number of carbonyl (C=O) groups excluding carboxylic acids is 3. The topological polar surface area (TPSA) is 92.1 Å². The minimum absolute atomic E-state index is 0.232. The number of amides is 2. The molecule has 2 aliphatic rings. The summed E-state index contributed by atoms with van der Waals surface area (Å²) < 4.78 is 25.5. The molecule has 2 amide bonds. The van der Waals surface area contributed by atoms with E-state index in [1.165, 1.54) is 12.1 Å². The van der Waals surface area contributed by atoms with Gasteiger partial charge < -0.3 is 24.3 Å². The molecule has 2 saturated heterocycles. The van der Waals surface area contributed by atoms with Crippen molar-refractivity contribution in [1.29, 1.82) is 0 Å². The Kier molecular flexibility index (Phi) is 8.54. The monoisotopic (exact) mass is 609 g/mol. The number of benzene rings is 3. The van der Waals surface area contributed by atoms with E-state index in [2.05, 4.69) is 5.32 Å². The Morgan fingerprint density at radius 3 is 2.13 bits per heavy atom. The molecule has 0 saturated carbocycles. The van der Waals surface area contributed by atoms with Crippen molar-refractivity contribution in [3.05, 3.63) is 125 Å². The van der Waals surface area contributed by atoms with Crippen LogP contribution in [-0.2, 0) is 4.79 Å². The zero-order chi connectivity index (χ0) is 31.7. The van der Waals surface area contributed by atoms with Crippen LogP contribution in [0.2, 0.25) is 0 Å². The number of likely N-dealkylation sites (tertiary alicyclic amines) is 1. The van der Waals surface area contributed by atoms with Crippen molar-refractivity contribution >= 4 is 17.6 Å². The maximum Gasteiger partial charge on any atom is 0.255 e. The van der Waals surface area contributed by atoms with E-state index in [0.717, 1.165) is 5.56 Å². The predicted octanol–water partition coefficient (Wildman–Crippen LogP) is 5.32. The van der Waals surface area contributed by atoms with Gasteiger partial charge in [-0.15, -0.1) is 0 Å². The fraction of sp³-hybridized carbons (Fsp3) is 0.306. The summed E-state index contributed by atoms with van der Waals surface area (Å²) in [5.41, 5.74) is 2.06. The Morgan fingerprint density at radius 2 is 1.53 bits per heavy atom. The second-order valence-electron chi connectivity index (χ2n) is 11.6. The molecule has 2 fully saturated rings. The molecule has 3 heterocycles. The van der Waals surface area contributed by atoms with Crippen molar-refractivity contribution in [2.45, 2.75) is 31.8 Å². The van der Waals surface area contributed by atoms with E-state index in [9.17, 15) is 18.8 Å². The molecule has 8 nitrogen and oxygen atoms in total. The van der Waals surface area contributed by atoms with Gasteiger partial charge in [-0.2, -0.15) is 0 Å². The highest BCUT2D eigenvalue weighted by Gasteiger charge is 2.58. The van der Waals surface area contributed by atoms with Gasteiger partial charge >= 0.3 is 0 Å². The van der Waals surface area contributed by atoms with Crippen molar-refractivity contribution in [2.24, 2.45) is 5.92 Å². The largest absolute Gasteiger partial charge is 0.497 e. The number of aryl methyl sites for hydroxylation is 2. The van der Waals surface area contributed by atoms with Crippen LogP contribution >= 0.6 is 0 Å². The number of piperazine rings is 1. The van der Waals surface area contributed by atoms with Gasteiger partial charge in [-0.1, -0.05) is 42.5 Å². The lowest BCUT2D eigenvalue weighted by Crippen LogP contribution is -2.54. The zero-order valence-corrected chi connectivity index (χ0v) is 25.5. The average Bonchev–Trinajstić information content (AvgIpc) is 3.61. The summed E-state index contributed by atoms with van der Waals surface area (Å²) in [4.78, 5) is 47.6. The van der Waals surface area contributed by atoms with Gasteiger partial charge in [0.05, 0.1) is 24.6 Å². The number of rotatable bonds is 7. The molecule has 0 radical (unpaired) electrons. The third kappa shape index (κ3) is 5.76. The number of nitrogens with zero attached hydrogens (tertiary/aromatic N) is 2. The fourth-order valence-corrected chi connectivity index (χ4v) is 6.84. The maximum absolute atomic E-state index is 14.9. The molecule has 45 heavy (non-hydrogen) atoms. The van der Waals surface area contributed by atoms with E-state index < -0.39 is 29.7 Å². The van der Waals surface area contributed by atoms with Crippen LogP contribution in [0.3, 0.4) is 0 Å². The summed E-state index contributed by atoms with van der Waals surface area (Å²) in [7, 11) is 1.57. The van der Waals surface area contributed by atoms with Crippen molar-refractivity contribution in [3.8, 4) is 5.75 Å². The van der Waals surface area contributed by atoms with Crippen LogP contribution in [-0.4, -0.2) is 66.7 Å². The Balaban J connectivity index is 1.62. The Morgan fingerprint density at radius 1 is 0.889 bits per heavy atom. The van der Waals surface area contributed by atoms with Crippen LogP contribution in [0.5, 0.6) is 5.75 Å². The van der Waals surface area contributed by atoms with Crippen LogP contribution in [0.15, 0.2) is 89.3 Å². The number of ketones is 1. The number of hydrogen-bond acceptors (Lipinski definition) is 6. The molecular formula is C36H36FN3O5. The smallest absolute Gasteiger partial charge is 0.255 e. The second kappa shape index (κ2) is 12.7. The first-order chi connectivity index (χ1) is 21.8. The normalized spacial score (nSPS) is 21.5. The molecule has 1 aromatic heterocycles. The molecule has 3 aromatic carbocycles. The fourth-order valence-electron chi connectivity index (χ4n) is 6.84. The van der Waals surface area contributed by atoms with E-state index in [4.69, 9.17) is 9.15 Å². The van der Waals surface area contributed by atoms with Crippen molar-refractivity contribution in [3.63, 3.8) is 0 Å². The van der Waals surface area contributed by atoms with Gasteiger partial charge in [-0.05, 0) is 67.4 Å². The molecule has 9 heteroatoms. The van der Waals surface area contributed by atoms with Gasteiger partial charge in [-0.3, -0.25) is 14.4 Å². The molecule has 0 aliphatic carbocycles. The molecule has 4 unspecified atom stereocenters. The van der Waals surface area contributed by atoms with Gasteiger partial charge in [0.1, 0.15) is 29.1 Å². The Hall–Kier alpha value is -4.76. The summed E-state index contributed by atoms with van der Waals surface area (Å²) in [5, 5.41) is 3.28. The SMILES string of the molecule is COc1ccc(C2C(C(=O)c3cc(C)oc3C)C(c3ccc(F)cc3)N(C(=O)c3ccccc3)C2C(=O)N2CCNCC2)cc1. The molecule has 4 atom stereocenters. The summed E-state index contributed by atoms with van der Waals surface area (Å²) >= 11 is 0. The minimum Gasteiger partial charge on any atom is -0.497 e. The maximum atomic E-state index is 14.9. The van der Waals surface area contributed by atoms with Gasteiger partial charge in [0.15, 0.2) is 5.78 Å². The highest BCUT2D eigenvalue weighted by atomic mass is 19.1. The first kappa shape index (κ1) is 30.3. The number of carbonyl (C=O) groups is 3. The first-order valence-electron chi connectivity index (χ1n) is 15.2. The van der Waals surface area contributed by atoms with E-state index >= 15 is 0 Å². The van der Waals surface area contributed by atoms with Gasteiger partial charge in [0, 0.05) is 37.7 Å². The van der Waals surface area contributed by atoms with Gasteiger partial charge in [0.2, 0.25) is 5.91 Å². The Bertz CT molecular complexity index is 1680. The molecule has 0 spiro atoms. The molecule has 2 aliphatic heterocycles. The van der Waals surface area contributed by atoms with E-state index in [0.29, 0.717) is 60.1 Å². The summed E-state index contributed by atoms with van der Waals surface area (Å²) in [6.07, 6.45) is 0. The minimum atomic E-state index is -1.03. The molecule has 0 bridgehead atoms. The Labute approximate surface area is 261 Å². The third-order valence-corrected chi connectivity index (χ3v) is 8.92. The highest BCUT2D eigenvalue weighted by Crippen LogP contribution is 2.52. The number of halogens is 1. The number of nitrogens with one attached hydrogen (secondary N) is 1. The molecule has 4 aromatic rings. The molecule has 1 N–H and O–H groups in total. The number of furan rings is 1. The molecule has 232 valence electrons. The number of hydrogen-bond donors (Lipinski definition) is 1. The van der Waals surface area contributed by atoms with Gasteiger partial charge in [-0.25, -0.2) is 4.39 Å². The summed E-state index contributed by atoms with van der Waals surface area (Å²) in [6.45, 7) is 5.69. The lowest BCUT2D eigenvalue weighted by atomic mass is 9.76. The van der Waals surface area contributed by atoms with Crippen LogP contribution in [0.1, 0.15) is 55.3 Å². The average molecular weight is 610 g/mol. The van der Waals surface area contributed by atoms with Crippen LogP contribution in [0, 0.1) is 25.6 Å². The molecule has 6 rings (SSSR count). The van der Waals surface area contributed by atoms with Crippen molar-refractivity contribution in [2.75, 3.05) is 33.3 Å². The standard InChI is InChI=1S/C36H36FN3O5/c1-22-21-29(23(2)45-22)34(41)31-30(24-11-15-28(44-3)16-12-24)33(36(43)39-19-17-38-18-20-39)40(35(42)26-7-5-4-6-8-26)32(31)25-9-13-27(37)14-10-25/h4-16,21,30-33,38H,17-20H2,1-3H3. The van der Waals surface area contributed by atoms with Crippen LogP contribution in [0.25, 0.3) is 0 Å². The van der Waals surface area contributed by atoms with Crippen LogP contribution < -0.4 is 10.1 Å². The second-order valence-corrected chi connectivity index (χ2v) is 11.6.